The van der Waals surface area contributed by atoms with Gasteiger partial charge in [-0.1, -0.05) is 19.4 Å². The van der Waals surface area contributed by atoms with E-state index in [4.69, 9.17) is 0 Å². The normalized spacial score (nSPS) is 16.5. The van der Waals surface area contributed by atoms with Crippen LogP contribution in [0, 0.1) is 5.92 Å². The lowest BCUT2D eigenvalue weighted by Crippen LogP contribution is -2.38. The van der Waals surface area contributed by atoms with E-state index in [0.717, 1.165) is 29.5 Å². The molecule has 3 heterocycles. The monoisotopic (exact) mass is 358 g/mol. The van der Waals surface area contributed by atoms with E-state index in [1.54, 1.807) is 6.20 Å². The quantitative estimate of drug-likeness (QED) is 0.827. The fraction of sp³-hybridized carbons (Fsp3) is 0.526. The Hall–Kier alpha value is -1.79. The van der Waals surface area contributed by atoms with Gasteiger partial charge in [0.25, 0.3) is 0 Å². The van der Waals surface area contributed by atoms with Crippen molar-refractivity contribution in [1.29, 1.82) is 0 Å². The number of amides is 1. The van der Waals surface area contributed by atoms with E-state index in [1.807, 2.05) is 23.6 Å². The Morgan fingerprint density at radius 2 is 2.16 bits per heavy atom. The lowest BCUT2D eigenvalue weighted by molar-refractivity contribution is -0.120. The first-order chi connectivity index (χ1) is 12.2. The molecule has 3 rings (SSSR count). The van der Waals surface area contributed by atoms with Crippen LogP contribution in [-0.2, 0) is 11.2 Å². The zero-order chi connectivity index (χ0) is 17.5. The molecule has 2 aromatic rings. The summed E-state index contributed by atoms with van der Waals surface area (Å²) in [6.45, 7) is 6.41. The van der Waals surface area contributed by atoms with Crippen LogP contribution in [0.3, 0.4) is 0 Å². The van der Waals surface area contributed by atoms with Gasteiger partial charge in [0.1, 0.15) is 5.01 Å². The van der Waals surface area contributed by atoms with E-state index in [-0.39, 0.29) is 5.91 Å². The van der Waals surface area contributed by atoms with Gasteiger partial charge < -0.3 is 10.2 Å². The molecule has 1 aliphatic rings. The van der Waals surface area contributed by atoms with Gasteiger partial charge in [0.05, 0.1) is 17.8 Å². The summed E-state index contributed by atoms with van der Waals surface area (Å²) in [7, 11) is 0. The number of carbonyl (C=O) groups is 1. The average Bonchev–Trinajstić information content (AvgIpc) is 3.10. The van der Waals surface area contributed by atoms with Crippen LogP contribution in [0.2, 0.25) is 0 Å². The molecule has 1 N–H and O–H groups in total. The second-order valence-corrected chi connectivity index (χ2v) is 7.66. The summed E-state index contributed by atoms with van der Waals surface area (Å²) >= 11 is 1.53. The van der Waals surface area contributed by atoms with Crippen molar-refractivity contribution >= 4 is 17.2 Å². The molecule has 2 aromatic heterocycles. The summed E-state index contributed by atoms with van der Waals surface area (Å²) in [5, 5.41) is 5.86. The standard InChI is InChI=1S/C19H26N4OS/c1-15(13-23-9-5-2-6-10-23)12-21-18(24)11-16-14-25-19(22-16)17-7-3-4-8-20-17/h3-4,7-8,14-15H,2,5-6,9-13H2,1H3,(H,21,24). The Morgan fingerprint density at radius 3 is 2.92 bits per heavy atom. The van der Waals surface area contributed by atoms with Crippen LogP contribution in [0.5, 0.6) is 0 Å². The SMILES string of the molecule is CC(CNC(=O)Cc1csc(-c2ccccn2)n1)CN1CCCCC1. The Balaban J connectivity index is 1.42. The Bertz CT molecular complexity index is 667. The first kappa shape index (κ1) is 18.0. The molecule has 134 valence electrons. The zero-order valence-corrected chi connectivity index (χ0v) is 15.6. The van der Waals surface area contributed by atoms with Crippen molar-refractivity contribution in [2.24, 2.45) is 5.92 Å². The third-order valence-corrected chi connectivity index (χ3v) is 5.36. The van der Waals surface area contributed by atoms with Gasteiger partial charge in [0.15, 0.2) is 0 Å². The molecule has 0 spiro atoms. The number of nitrogens with zero attached hydrogens (tertiary/aromatic N) is 3. The minimum Gasteiger partial charge on any atom is -0.355 e. The summed E-state index contributed by atoms with van der Waals surface area (Å²) in [5.74, 6) is 0.518. The minimum atomic E-state index is 0.0448. The summed E-state index contributed by atoms with van der Waals surface area (Å²) in [4.78, 5) is 23.5. The van der Waals surface area contributed by atoms with Crippen LogP contribution in [0.25, 0.3) is 10.7 Å². The lowest BCUT2D eigenvalue weighted by Gasteiger charge is -2.29. The second-order valence-electron chi connectivity index (χ2n) is 6.81. The smallest absolute Gasteiger partial charge is 0.226 e. The van der Waals surface area contributed by atoms with Gasteiger partial charge in [0, 0.05) is 24.7 Å². The number of hydrogen-bond donors (Lipinski definition) is 1. The number of carbonyl (C=O) groups excluding carboxylic acids is 1. The molecule has 0 aliphatic carbocycles. The highest BCUT2D eigenvalue weighted by molar-refractivity contribution is 7.13. The van der Waals surface area contributed by atoms with Gasteiger partial charge in [-0.25, -0.2) is 4.98 Å². The highest BCUT2D eigenvalue weighted by atomic mass is 32.1. The predicted molar refractivity (Wildman–Crippen MR) is 102 cm³/mol. The van der Waals surface area contributed by atoms with E-state index in [2.05, 4.69) is 27.1 Å². The number of thiazole rings is 1. The number of piperidine rings is 1. The van der Waals surface area contributed by atoms with Crippen LogP contribution in [0.15, 0.2) is 29.8 Å². The lowest BCUT2D eigenvalue weighted by atomic mass is 10.1. The van der Waals surface area contributed by atoms with E-state index in [0.29, 0.717) is 12.3 Å². The molecule has 0 aromatic carbocycles. The van der Waals surface area contributed by atoms with E-state index in [1.165, 1.54) is 43.7 Å². The molecule has 0 saturated carbocycles. The number of likely N-dealkylation sites (tertiary alicyclic amines) is 1. The molecule has 6 heteroatoms. The van der Waals surface area contributed by atoms with Crippen LogP contribution in [-0.4, -0.2) is 47.0 Å². The van der Waals surface area contributed by atoms with Crippen molar-refractivity contribution in [2.45, 2.75) is 32.6 Å². The molecule has 1 aliphatic heterocycles. The van der Waals surface area contributed by atoms with Gasteiger partial charge in [-0.05, 0) is 44.0 Å². The molecule has 5 nitrogen and oxygen atoms in total. The zero-order valence-electron chi connectivity index (χ0n) is 14.8. The molecule has 0 bridgehead atoms. The number of hydrogen-bond acceptors (Lipinski definition) is 5. The molecule has 1 saturated heterocycles. The molecule has 1 fully saturated rings. The van der Waals surface area contributed by atoms with Crippen LogP contribution < -0.4 is 5.32 Å². The molecule has 25 heavy (non-hydrogen) atoms. The van der Waals surface area contributed by atoms with Gasteiger partial charge in [0.2, 0.25) is 5.91 Å². The Labute approximate surface area is 153 Å². The number of nitrogens with one attached hydrogen (secondary N) is 1. The highest BCUT2D eigenvalue weighted by Crippen LogP contribution is 2.21. The first-order valence-corrected chi connectivity index (χ1v) is 9.93. The van der Waals surface area contributed by atoms with E-state index < -0.39 is 0 Å². The Kier molecular flexibility index (Phi) is 6.53. The van der Waals surface area contributed by atoms with Crippen molar-refractivity contribution in [1.82, 2.24) is 20.2 Å². The third kappa shape index (κ3) is 5.61. The fourth-order valence-electron chi connectivity index (χ4n) is 3.16. The largest absolute Gasteiger partial charge is 0.355 e. The highest BCUT2D eigenvalue weighted by Gasteiger charge is 2.15. The second kappa shape index (κ2) is 9.06. The van der Waals surface area contributed by atoms with Crippen molar-refractivity contribution in [3.8, 4) is 10.7 Å². The molecular formula is C19H26N4OS. The molecule has 0 radical (unpaired) electrons. The number of aromatic nitrogens is 2. The van der Waals surface area contributed by atoms with Crippen LogP contribution in [0.1, 0.15) is 31.9 Å². The average molecular weight is 359 g/mol. The minimum absolute atomic E-state index is 0.0448. The topological polar surface area (TPSA) is 58.1 Å². The maximum absolute atomic E-state index is 12.2. The summed E-state index contributed by atoms with van der Waals surface area (Å²) in [6.07, 6.45) is 6.06. The van der Waals surface area contributed by atoms with Gasteiger partial charge >= 0.3 is 0 Å². The fourth-order valence-corrected chi connectivity index (χ4v) is 3.95. The molecule has 1 unspecified atom stereocenters. The van der Waals surface area contributed by atoms with Gasteiger partial charge in [-0.15, -0.1) is 11.3 Å². The van der Waals surface area contributed by atoms with Crippen molar-refractivity contribution in [2.75, 3.05) is 26.2 Å². The summed E-state index contributed by atoms with van der Waals surface area (Å²) in [5.41, 5.74) is 1.67. The molecule has 1 atom stereocenters. The summed E-state index contributed by atoms with van der Waals surface area (Å²) in [6, 6.07) is 5.77. The van der Waals surface area contributed by atoms with Crippen molar-refractivity contribution in [3.05, 3.63) is 35.5 Å². The maximum Gasteiger partial charge on any atom is 0.226 e. The summed E-state index contributed by atoms with van der Waals surface area (Å²) < 4.78 is 0. The number of pyridine rings is 1. The van der Waals surface area contributed by atoms with Gasteiger partial charge in [-0.3, -0.25) is 9.78 Å². The van der Waals surface area contributed by atoms with Crippen LogP contribution in [0.4, 0.5) is 0 Å². The first-order valence-electron chi connectivity index (χ1n) is 9.05. The molecular weight excluding hydrogens is 332 g/mol. The van der Waals surface area contributed by atoms with E-state index >= 15 is 0 Å². The van der Waals surface area contributed by atoms with Gasteiger partial charge in [-0.2, -0.15) is 0 Å². The van der Waals surface area contributed by atoms with Crippen molar-refractivity contribution in [3.63, 3.8) is 0 Å². The van der Waals surface area contributed by atoms with E-state index in [9.17, 15) is 4.79 Å². The molecule has 1 amide bonds. The van der Waals surface area contributed by atoms with Crippen molar-refractivity contribution < 1.29 is 4.79 Å². The Morgan fingerprint density at radius 1 is 1.32 bits per heavy atom. The predicted octanol–water partition coefficient (Wildman–Crippen LogP) is 2.99. The maximum atomic E-state index is 12.2. The third-order valence-electron chi connectivity index (χ3n) is 4.44. The number of rotatable bonds is 7. The van der Waals surface area contributed by atoms with Crippen LogP contribution >= 0.6 is 11.3 Å².